The van der Waals surface area contributed by atoms with Gasteiger partial charge in [0.15, 0.2) is 0 Å². The van der Waals surface area contributed by atoms with E-state index in [-0.39, 0.29) is 0 Å². The zero-order valence-corrected chi connectivity index (χ0v) is 23.7. The number of carbonyl (C=O) groups is 2. The molecule has 0 aromatic heterocycles. The predicted molar refractivity (Wildman–Crippen MR) is 149 cm³/mol. The van der Waals surface area contributed by atoms with Crippen molar-refractivity contribution in [1.29, 1.82) is 0 Å². The Bertz CT molecular complexity index is 490. The van der Waals surface area contributed by atoms with E-state index in [1.165, 1.54) is 109 Å². The highest BCUT2D eigenvalue weighted by atomic mass is 16.4. The van der Waals surface area contributed by atoms with Gasteiger partial charge in [0.1, 0.15) is 0 Å². The van der Waals surface area contributed by atoms with Crippen molar-refractivity contribution in [3.63, 3.8) is 0 Å². The van der Waals surface area contributed by atoms with Crippen molar-refractivity contribution < 1.29 is 19.8 Å². The standard InChI is InChI=1S/C31H60O4/c1-27(22-18-24-31(34)35)19-14-11-9-12-16-21-29(3)26-25-28(2)20-15-10-7-5-4-6-8-13-17-23-30(32)33/h27-29H,4-26H2,1-3H3,(H,32,33)(H,34,35). The lowest BCUT2D eigenvalue weighted by Gasteiger charge is -2.15. The Morgan fingerprint density at radius 3 is 1.03 bits per heavy atom. The van der Waals surface area contributed by atoms with Crippen LogP contribution in [0.15, 0.2) is 0 Å². The number of carboxylic acids is 2. The molecule has 0 amide bonds. The fourth-order valence-corrected chi connectivity index (χ4v) is 5.13. The molecule has 3 atom stereocenters. The van der Waals surface area contributed by atoms with Crippen LogP contribution < -0.4 is 0 Å². The number of aliphatic carboxylic acids is 2. The molecule has 4 heteroatoms. The van der Waals surface area contributed by atoms with Crippen LogP contribution >= 0.6 is 0 Å². The quantitative estimate of drug-likeness (QED) is 0.111. The first-order valence-electron chi connectivity index (χ1n) is 15.2. The van der Waals surface area contributed by atoms with E-state index in [2.05, 4.69) is 20.8 Å². The third-order valence-electron chi connectivity index (χ3n) is 7.72. The average Bonchev–Trinajstić information content (AvgIpc) is 2.80. The number of unbranched alkanes of at least 4 members (excludes halogenated alkanes) is 12. The van der Waals surface area contributed by atoms with Crippen LogP contribution in [-0.2, 0) is 9.59 Å². The molecule has 3 unspecified atom stereocenters. The van der Waals surface area contributed by atoms with Crippen LogP contribution in [-0.4, -0.2) is 22.2 Å². The average molecular weight is 497 g/mol. The number of hydrogen-bond acceptors (Lipinski definition) is 2. The van der Waals surface area contributed by atoms with E-state index < -0.39 is 11.9 Å². The topological polar surface area (TPSA) is 74.6 Å². The van der Waals surface area contributed by atoms with Gasteiger partial charge in [-0.1, -0.05) is 143 Å². The van der Waals surface area contributed by atoms with Crippen LogP contribution in [0.2, 0.25) is 0 Å². The molecule has 208 valence electrons. The van der Waals surface area contributed by atoms with Crippen molar-refractivity contribution in [2.45, 2.75) is 168 Å². The summed E-state index contributed by atoms with van der Waals surface area (Å²) in [4.78, 5) is 21.1. The van der Waals surface area contributed by atoms with Gasteiger partial charge in [-0.05, 0) is 30.6 Å². The summed E-state index contributed by atoms with van der Waals surface area (Å²) in [5.41, 5.74) is 0. The minimum Gasteiger partial charge on any atom is -0.481 e. The van der Waals surface area contributed by atoms with Crippen LogP contribution in [0.3, 0.4) is 0 Å². The maximum atomic E-state index is 10.6. The molecule has 0 heterocycles. The number of rotatable bonds is 27. The zero-order valence-electron chi connectivity index (χ0n) is 23.7. The summed E-state index contributed by atoms with van der Waals surface area (Å²) in [6.45, 7) is 7.14. The first kappa shape index (κ1) is 33.9. The van der Waals surface area contributed by atoms with Crippen LogP contribution in [0.1, 0.15) is 168 Å². The fourth-order valence-electron chi connectivity index (χ4n) is 5.13. The Balaban J connectivity index is 3.39. The first-order chi connectivity index (χ1) is 16.8. The van der Waals surface area contributed by atoms with E-state index in [0.29, 0.717) is 18.8 Å². The lowest BCUT2D eigenvalue weighted by Crippen LogP contribution is -2.01. The van der Waals surface area contributed by atoms with Gasteiger partial charge in [-0.25, -0.2) is 0 Å². The van der Waals surface area contributed by atoms with Gasteiger partial charge < -0.3 is 10.2 Å². The predicted octanol–water partition coefficient (Wildman–Crippen LogP) is 10.0. The summed E-state index contributed by atoms with van der Waals surface area (Å²) >= 11 is 0. The van der Waals surface area contributed by atoms with Gasteiger partial charge in [0.25, 0.3) is 0 Å². The third-order valence-corrected chi connectivity index (χ3v) is 7.72. The molecule has 0 fully saturated rings. The van der Waals surface area contributed by atoms with Crippen molar-refractivity contribution in [3.8, 4) is 0 Å². The second-order valence-electron chi connectivity index (χ2n) is 11.6. The second-order valence-corrected chi connectivity index (χ2v) is 11.6. The van der Waals surface area contributed by atoms with Crippen molar-refractivity contribution in [2.24, 2.45) is 17.8 Å². The Kier molecular flexibility index (Phi) is 23.9. The number of carboxylic acid groups (broad SMARTS) is 2. The van der Waals surface area contributed by atoms with E-state index in [4.69, 9.17) is 10.2 Å². The molecule has 0 aliphatic rings. The van der Waals surface area contributed by atoms with Gasteiger partial charge >= 0.3 is 11.9 Å². The molecular weight excluding hydrogens is 436 g/mol. The molecule has 0 saturated heterocycles. The lowest BCUT2D eigenvalue weighted by atomic mass is 9.91. The molecule has 0 spiro atoms. The summed E-state index contributed by atoms with van der Waals surface area (Å²) in [6, 6.07) is 0. The molecule has 2 N–H and O–H groups in total. The van der Waals surface area contributed by atoms with Crippen LogP contribution in [0.4, 0.5) is 0 Å². The Labute approximate surface area is 218 Å². The van der Waals surface area contributed by atoms with E-state index in [1.54, 1.807) is 0 Å². The van der Waals surface area contributed by atoms with E-state index >= 15 is 0 Å². The molecule has 4 nitrogen and oxygen atoms in total. The van der Waals surface area contributed by atoms with Gasteiger partial charge in [-0.3, -0.25) is 9.59 Å². The summed E-state index contributed by atoms with van der Waals surface area (Å²) in [5, 5.41) is 17.3. The molecule has 0 radical (unpaired) electrons. The highest BCUT2D eigenvalue weighted by molar-refractivity contribution is 5.66. The van der Waals surface area contributed by atoms with Gasteiger partial charge in [0.05, 0.1) is 0 Å². The van der Waals surface area contributed by atoms with Crippen molar-refractivity contribution in [1.82, 2.24) is 0 Å². The highest BCUT2D eigenvalue weighted by Crippen LogP contribution is 2.23. The molecule has 0 aliphatic carbocycles. The molecular formula is C31H60O4. The fraction of sp³-hybridized carbons (Fsp3) is 0.935. The molecule has 0 rings (SSSR count). The van der Waals surface area contributed by atoms with Gasteiger partial charge in [-0.2, -0.15) is 0 Å². The van der Waals surface area contributed by atoms with Crippen LogP contribution in [0, 0.1) is 17.8 Å². The highest BCUT2D eigenvalue weighted by Gasteiger charge is 2.08. The number of hydrogen-bond donors (Lipinski definition) is 2. The van der Waals surface area contributed by atoms with Gasteiger partial charge in [0.2, 0.25) is 0 Å². The Morgan fingerprint density at radius 2 is 0.657 bits per heavy atom. The molecule has 0 aromatic rings. The van der Waals surface area contributed by atoms with Crippen molar-refractivity contribution >= 4 is 11.9 Å². The van der Waals surface area contributed by atoms with Crippen LogP contribution in [0.5, 0.6) is 0 Å². The summed E-state index contributed by atoms with van der Waals surface area (Å²) in [7, 11) is 0. The van der Waals surface area contributed by atoms with Gasteiger partial charge in [0, 0.05) is 12.8 Å². The molecule has 35 heavy (non-hydrogen) atoms. The van der Waals surface area contributed by atoms with Crippen LogP contribution in [0.25, 0.3) is 0 Å². The van der Waals surface area contributed by atoms with E-state index in [9.17, 15) is 9.59 Å². The molecule has 0 saturated carbocycles. The first-order valence-corrected chi connectivity index (χ1v) is 15.2. The zero-order chi connectivity index (χ0) is 26.2. The van der Waals surface area contributed by atoms with E-state index in [0.717, 1.165) is 37.5 Å². The Hall–Kier alpha value is -1.06. The lowest BCUT2D eigenvalue weighted by molar-refractivity contribution is -0.138. The summed E-state index contributed by atoms with van der Waals surface area (Å²) in [5.74, 6) is 1.07. The third kappa shape index (κ3) is 27.4. The monoisotopic (exact) mass is 496 g/mol. The summed E-state index contributed by atoms with van der Waals surface area (Å²) < 4.78 is 0. The molecule has 0 aromatic carbocycles. The minimum absolute atomic E-state index is 0.322. The minimum atomic E-state index is -0.664. The maximum Gasteiger partial charge on any atom is 0.303 e. The molecule has 0 bridgehead atoms. The second kappa shape index (κ2) is 24.6. The maximum absolute atomic E-state index is 10.6. The largest absolute Gasteiger partial charge is 0.481 e. The van der Waals surface area contributed by atoms with Crippen molar-refractivity contribution in [2.75, 3.05) is 0 Å². The molecule has 0 aliphatic heterocycles. The van der Waals surface area contributed by atoms with E-state index in [1.807, 2.05) is 0 Å². The SMILES string of the molecule is CC(CCCCCCCC(C)CCC(C)CCCCCCCCCCCC(=O)O)CCCC(=O)O. The summed E-state index contributed by atoms with van der Waals surface area (Å²) in [6.07, 6.45) is 27.2. The Morgan fingerprint density at radius 1 is 0.400 bits per heavy atom. The normalized spacial score (nSPS) is 14.0. The van der Waals surface area contributed by atoms with Crippen molar-refractivity contribution in [3.05, 3.63) is 0 Å². The smallest absolute Gasteiger partial charge is 0.303 e. The van der Waals surface area contributed by atoms with Gasteiger partial charge in [-0.15, -0.1) is 0 Å².